The molecule has 0 saturated heterocycles. The first-order chi connectivity index (χ1) is 19.4. The number of methoxy groups -OCH3 is 1. The van der Waals surface area contributed by atoms with E-state index in [2.05, 4.69) is 40.0 Å². The second-order valence-electron chi connectivity index (χ2n) is 9.57. The van der Waals surface area contributed by atoms with Crippen LogP contribution in [0.5, 0.6) is 0 Å². The molecule has 198 valence electrons. The standard InChI is InChI=1S/C32H25N3O4S/c1-20(36)22-12-14-23(15-13-22)29-26(31(38)39-2)17-33-32-35(29)30(37)28(40-32)16-24-19-34(18-21-8-4-3-5-9-21)27-11-7-6-10-25(24)27/h3-17,19,29H,18H2,1-2H3/b28-16-/t29-/m1/s1. The number of ketones is 1. The van der Waals surface area contributed by atoms with E-state index >= 15 is 0 Å². The lowest BCUT2D eigenvalue weighted by molar-refractivity contribution is -0.136. The Morgan fingerprint density at radius 2 is 1.73 bits per heavy atom. The monoisotopic (exact) mass is 547 g/mol. The minimum atomic E-state index is -0.730. The number of hydrogen-bond donors (Lipinski definition) is 0. The van der Waals surface area contributed by atoms with Gasteiger partial charge in [0.05, 0.1) is 23.3 Å². The number of carbonyl (C=O) groups excluding carboxylic acids is 2. The van der Waals surface area contributed by atoms with Crippen LogP contribution in [0.2, 0.25) is 0 Å². The van der Waals surface area contributed by atoms with Gasteiger partial charge >= 0.3 is 5.97 Å². The molecule has 0 saturated carbocycles. The van der Waals surface area contributed by atoms with Crippen molar-refractivity contribution >= 4 is 40.1 Å². The molecule has 2 aromatic heterocycles. The lowest BCUT2D eigenvalue weighted by Crippen LogP contribution is -2.39. The SMILES string of the molecule is COC(=O)C1=CN=c2s/c(=C\c3cn(Cc4ccccc4)c4ccccc34)c(=O)n2[C@@H]1c1ccc(C(C)=O)cc1. The highest BCUT2D eigenvalue weighted by atomic mass is 32.1. The van der Waals surface area contributed by atoms with Crippen LogP contribution in [0, 0.1) is 0 Å². The maximum atomic E-state index is 13.9. The lowest BCUT2D eigenvalue weighted by atomic mass is 9.96. The highest BCUT2D eigenvalue weighted by Crippen LogP contribution is 2.28. The fourth-order valence-electron chi connectivity index (χ4n) is 5.09. The predicted octanol–water partition coefficient (Wildman–Crippen LogP) is 4.22. The van der Waals surface area contributed by atoms with E-state index in [0.717, 1.165) is 16.5 Å². The summed E-state index contributed by atoms with van der Waals surface area (Å²) in [6.07, 6.45) is 5.43. The van der Waals surface area contributed by atoms with Crippen molar-refractivity contribution in [3.63, 3.8) is 0 Å². The van der Waals surface area contributed by atoms with Gasteiger partial charge in [0.25, 0.3) is 5.56 Å². The molecule has 0 amide bonds. The largest absolute Gasteiger partial charge is 0.466 e. The van der Waals surface area contributed by atoms with Crippen LogP contribution in [0.3, 0.4) is 0 Å². The number of benzene rings is 3. The van der Waals surface area contributed by atoms with Gasteiger partial charge in [0.2, 0.25) is 0 Å². The maximum Gasteiger partial charge on any atom is 0.337 e. The fourth-order valence-corrected chi connectivity index (χ4v) is 6.05. The molecule has 0 N–H and O–H groups in total. The van der Waals surface area contributed by atoms with Crippen molar-refractivity contribution in [2.24, 2.45) is 4.99 Å². The number of ether oxygens (including phenoxy) is 1. The van der Waals surface area contributed by atoms with Gasteiger partial charge in [-0.25, -0.2) is 9.79 Å². The molecule has 8 heteroatoms. The molecule has 7 nitrogen and oxygen atoms in total. The third-order valence-electron chi connectivity index (χ3n) is 7.06. The van der Waals surface area contributed by atoms with Gasteiger partial charge in [-0.1, -0.05) is 84.1 Å². The van der Waals surface area contributed by atoms with E-state index < -0.39 is 12.0 Å². The number of thiazole rings is 1. The molecule has 1 aliphatic rings. The van der Waals surface area contributed by atoms with Gasteiger partial charge < -0.3 is 9.30 Å². The van der Waals surface area contributed by atoms with E-state index in [0.29, 0.717) is 27.0 Å². The van der Waals surface area contributed by atoms with Gasteiger partial charge in [0, 0.05) is 41.0 Å². The Balaban J connectivity index is 1.49. The van der Waals surface area contributed by atoms with Crippen LogP contribution in [0.15, 0.2) is 107 Å². The van der Waals surface area contributed by atoms with Gasteiger partial charge in [0.1, 0.15) is 0 Å². The van der Waals surface area contributed by atoms with Crippen molar-refractivity contribution in [2.45, 2.75) is 19.5 Å². The van der Waals surface area contributed by atoms with Crippen molar-refractivity contribution in [2.75, 3.05) is 7.11 Å². The number of aromatic nitrogens is 2. The van der Waals surface area contributed by atoms with E-state index in [1.165, 1.54) is 41.7 Å². The summed E-state index contributed by atoms with van der Waals surface area (Å²) in [5.74, 6) is -0.631. The average molecular weight is 548 g/mol. The molecule has 0 unspecified atom stereocenters. The molecule has 1 aliphatic heterocycles. The third-order valence-corrected chi connectivity index (χ3v) is 8.06. The number of nitrogens with zero attached hydrogens (tertiary/aromatic N) is 3. The first kappa shape index (κ1) is 25.5. The second kappa shape index (κ2) is 10.4. The molecular formula is C32H25N3O4S. The van der Waals surface area contributed by atoms with E-state index in [-0.39, 0.29) is 16.9 Å². The minimum Gasteiger partial charge on any atom is -0.466 e. The highest BCUT2D eigenvalue weighted by molar-refractivity contribution is 7.07. The van der Waals surface area contributed by atoms with E-state index in [9.17, 15) is 14.4 Å². The Bertz CT molecular complexity index is 1980. The topological polar surface area (TPSA) is 82.7 Å². The third kappa shape index (κ3) is 4.52. The normalized spacial score (nSPS) is 14.9. The minimum absolute atomic E-state index is 0.0642. The Morgan fingerprint density at radius 3 is 2.45 bits per heavy atom. The number of para-hydroxylation sites is 1. The Labute approximate surface area is 233 Å². The summed E-state index contributed by atoms with van der Waals surface area (Å²) in [5.41, 5.74) is 4.40. The smallest absolute Gasteiger partial charge is 0.337 e. The Morgan fingerprint density at radius 1 is 1.00 bits per heavy atom. The van der Waals surface area contributed by atoms with Gasteiger partial charge in [0.15, 0.2) is 10.6 Å². The summed E-state index contributed by atoms with van der Waals surface area (Å²) in [7, 11) is 1.30. The average Bonchev–Trinajstić information content (AvgIpc) is 3.49. The number of esters is 1. The quantitative estimate of drug-likeness (QED) is 0.235. The summed E-state index contributed by atoms with van der Waals surface area (Å²) >= 11 is 1.27. The first-order valence-electron chi connectivity index (χ1n) is 12.8. The van der Waals surface area contributed by atoms with E-state index in [4.69, 9.17) is 4.74 Å². The van der Waals surface area contributed by atoms with Crippen LogP contribution in [-0.2, 0) is 16.1 Å². The maximum absolute atomic E-state index is 13.9. The fraction of sp³-hybridized carbons (Fsp3) is 0.125. The van der Waals surface area contributed by atoms with Crippen LogP contribution >= 0.6 is 11.3 Å². The molecular weight excluding hydrogens is 522 g/mol. The van der Waals surface area contributed by atoms with Crippen LogP contribution < -0.4 is 14.9 Å². The van der Waals surface area contributed by atoms with Gasteiger partial charge in [-0.05, 0) is 30.2 Å². The van der Waals surface area contributed by atoms with Crippen molar-refractivity contribution < 1.29 is 14.3 Å². The molecule has 5 aromatic rings. The zero-order valence-corrected chi connectivity index (χ0v) is 22.7. The predicted molar refractivity (Wildman–Crippen MR) is 155 cm³/mol. The van der Waals surface area contributed by atoms with Crippen LogP contribution in [0.4, 0.5) is 0 Å². The number of Topliss-reactive ketones (excluding diaryl/α,β-unsaturated/α-hetero) is 1. The van der Waals surface area contributed by atoms with Crippen LogP contribution in [0.1, 0.15) is 40.0 Å². The molecule has 40 heavy (non-hydrogen) atoms. The molecule has 0 radical (unpaired) electrons. The summed E-state index contributed by atoms with van der Waals surface area (Å²) in [6.45, 7) is 2.20. The molecule has 3 heterocycles. The highest BCUT2D eigenvalue weighted by Gasteiger charge is 2.30. The molecule has 1 atom stereocenters. The van der Waals surface area contributed by atoms with Crippen molar-refractivity contribution in [3.05, 3.63) is 139 Å². The van der Waals surface area contributed by atoms with E-state index in [1.54, 1.807) is 24.3 Å². The summed E-state index contributed by atoms with van der Waals surface area (Å²) in [6, 6.07) is 24.5. The van der Waals surface area contributed by atoms with Gasteiger partial charge in [-0.2, -0.15) is 0 Å². The number of hydrogen-bond acceptors (Lipinski definition) is 6. The number of carbonyl (C=O) groups is 2. The lowest BCUT2D eigenvalue weighted by Gasteiger charge is -2.22. The summed E-state index contributed by atoms with van der Waals surface area (Å²) < 4.78 is 9.24. The van der Waals surface area contributed by atoms with Crippen LogP contribution in [-0.4, -0.2) is 28.0 Å². The molecule has 0 bridgehead atoms. The number of rotatable bonds is 6. The molecule has 0 aliphatic carbocycles. The van der Waals surface area contributed by atoms with Crippen LogP contribution in [0.25, 0.3) is 17.0 Å². The molecule has 0 spiro atoms. The molecule has 6 rings (SSSR count). The molecule has 3 aromatic carbocycles. The number of fused-ring (bicyclic) bond motifs is 2. The zero-order chi connectivity index (χ0) is 27.8. The summed E-state index contributed by atoms with van der Waals surface area (Å²) in [5, 5.41) is 1.04. The van der Waals surface area contributed by atoms with Crippen molar-refractivity contribution in [3.8, 4) is 0 Å². The molecule has 0 fully saturated rings. The van der Waals surface area contributed by atoms with Gasteiger partial charge in [-0.3, -0.25) is 14.2 Å². The van der Waals surface area contributed by atoms with E-state index in [1.807, 2.05) is 36.4 Å². The van der Waals surface area contributed by atoms with Gasteiger partial charge in [-0.15, -0.1) is 0 Å². The Kier molecular flexibility index (Phi) is 6.61. The van der Waals surface area contributed by atoms with Crippen molar-refractivity contribution in [1.29, 1.82) is 0 Å². The summed E-state index contributed by atoms with van der Waals surface area (Å²) in [4.78, 5) is 43.4. The first-order valence-corrected chi connectivity index (χ1v) is 13.6. The second-order valence-corrected chi connectivity index (χ2v) is 10.6. The Hall–Kier alpha value is -4.82. The zero-order valence-electron chi connectivity index (χ0n) is 21.9. The van der Waals surface area contributed by atoms with Crippen molar-refractivity contribution in [1.82, 2.24) is 9.13 Å².